The molecule has 16 heavy (non-hydrogen) atoms. The fourth-order valence-electron chi connectivity index (χ4n) is 2.37. The number of thiophene rings is 1. The van der Waals surface area contributed by atoms with Gasteiger partial charge in [-0.3, -0.25) is 4.79 Å². The van der Waals surface area contributed by atoms with Gasteiger partial charge in [0, 0.05) is 13.1 Å². The molecule has 0 aromatic carbocycles. The average molecular weight is 237 g/mol. The zero-order chi connectivity index (χ0) is 11.5. The van der Waals surface area contributed by atoms with Gasteiger partial charge in [-0.05, 0) is 43.0 Å². The minimum absolute atomic E-state index is 0.189. The zero-order valence-electron chi connectivity index (χ0n) is 9.98. The van der Waals surface area contributed by atoms with Gasteiger partial charge in [0.15, 0.2) is 0 Å². The number of rotatable bonds is 2. The van der Waals surface area contributed by atoms with Crippen LogP contribution in [-0.4, -0.2) is 23.9 Å². The first-order valence-electron chi connectivity index (χ1n) is 5.99. The first-order chi connectivity index (χ1) is 7.68. The van der Waals surface area contributed by atoms with Gasteiger partial charge < -0.3 is 4.90 Å². The molecule has 0 bridgehead atoms. The second kappa shape index (κ2) is 5.00. The van der Waals surface area contributed by atoms with E-state index in [0.29, 0.717) is 6.04 Å². The number of hydrogen-bond acceptors (Lipinski definition) is 2. The van der Waals surface area contributed by atoms with E-state index in [4.69, 9.17) is 0 Å². The Morgan fingerprint density at radius 1 is 1.38 bits per heavy atom. The van der Waals surface area contributed by atoms with Gasteiger partial charge in [-0.1, -0.05) is 13.0 Å². The van der Waals surface area contributed by atoms with Crippen molar-refractivity contribution in [3.05, 3.63) is 22.4 Å². The predicted molar refractivity (Wildman–Crippen MR) is 67.8 cm³/mol. The van der Waals surface area contributed by atoms with Crippen LogP contribution in [0, 0.1) is 5.92 Å². The van der Waals surface area contributed by atoms with Gasteiger partial charge >= 0.3 is 0 Å². The normalized spacial score (nSPS) is 25.4. The van der Waals surface area contributed by atoms with Crippen LogP contribution in [0.2, 0.25) is 0 Å². The highest BCUT2D eigenvalue weighted by Gasteiger charge is 2.25. The largest absolute Gasteiger partial charge is 0.338 e. The Balaban J connectivity index is 1.97. The van der Waals surface area contributed by atoms with Crippen LogP contribution in [0.3, 0.4) is 0 Å². The summed E-state index contributed by atoms with van der Waals surface area (Å²) in [4.78, 5) is 14.9. The van der Waals surface area contributed by atoms with E-state index >= 15 is 0 Å². The van der Waals surface area contributed by atoms with Crippen molar-refractivity contribution in [3.63, 3.8) is 0 Å². The molecule has 88 valence electrons. The summed E-state index contributed by atoms with van der Waals surface area (Å²) >= 11 is 1.53. The van der Waals surface area contributed by atoms with Crippen LogP contribution in [0.4, 0.5) is 0 Å². The average Bonchev–Trinajstić information content (AvgIpc) is 2.81. The molecule has 0 N–H and O–H groups in total. The fourth-order valence-corrected chi connectivity index (χ4v) is 3.08. The molecule has 1 amide bonds. The van der Waals surface area contributed by atoms with Crippen LogP contribution in [0.25, 0.3) is 0 Å². The van der Waals surface area contributed by atoms with Gasteiger partial charge in [0.25, 0.3) is 5.91 Å². The van der Waals surface area contributed by atoms with Gasteiger partial charge in [-0.2, -0.15) is 0 Å². The Kier molecular flexibility index (Phi) is 3.64. The molecule has 0 unspecified atom stereocenters. The Labute approximate surface area is 101 Å². The van der Waals surface area contributed by atoms with Crippen molar-refractivity contribution in [3.8, 4) is 0 Å². The SMILES string of the molecule is CC1CCC(N(C)C(=O)c2cccs2)CC1. The highest BCUT2D eigenvalue weighted by atomic mass is 32.1. The summed E-state index contributed by atoms with van der Waals surface area (Å²) in [7, 11) is 1.95. The van der Waals surface area contributed by atoms with Crippen LogP contribution >= 0.6 is 11.3 Å². The topological polar surface area (TPSA) is 20.3 Å². The fraction of sp³-hybridized carbons (Fsp3) is 0.615. The summed E-state index contributed by atoms with van der Waals surface area (Å²) in [5, 5.41) is 1.96. The Bertz CT molecular complexity index is 339. The van der Waals surface area contributed by atoms with Crippen molar-refractivity contribution in [2.75, 3.05) is 7.05 Å². The van der Waals surface area contributed by atoms with Crippen molar-refractivity contribution in [1.82, 2.24) is 4.90 Å². The number of carbonyl (C=O) groups is 1. The van der Waals surface area contributed by atoms with E-state index < -0.39 is 0 Å². The maximum Gasteiger partial charge on any atom is 0.263 e. The summed E-state index contributed by atoms with van der Waals surface area (Å²) in [5.74, 6) is 1.02. The zero-order valence-corrected chi connectivity index (χ0v) is 10.8. The third kappa shape index (κ3) is 2.46. The van der Waals surface area contributed by atoms with Crippen LogP contribution in [0.5, 0.6) is 0 Å². The van der Waals surface area contributed by atoms with Crippen LogP contribution in [0.15, 0.2) is 17.5 Å². The smallest absolute Gasteiger partial charge is 0.263 e. The molecule has 0 spiro atoms. The van der Waals surface area contributed by atoms with E-state index in [1.807, 2.05) is 29.5 Å². The van der Waals surface area contributed by atoms with E-state index in [2.05, 4.69) is 6.92 Å². The maximum atomic E-state index is 12.1. The minimum Gasteiger partial charge on any atom is -0.338 e. The third-order valence-corrected chi connectivity index (χ3v) is 4.44. The molecule has 1 aromatic heterocycles. The highest BCUT2D eigenvalue weighted by Crippen LogP contribution is 2.27. The molecule has 1 aromatic rings. The van der Waals surface area contributed by atoms with Gasteiger partial charge in [-0.25, -0.2) is 0 Å². The maximum absolute atomic E-state index is 12.1. The molecule has 1 aliphatic rings. The van der Waals surface area contributed by atoms with E-state index in [9.17, 15) is 4.79 Å². The van der Waals surface area contributed by atoms with Gasteiger partial charge in [0.2, 0.25) is 0 Å². The lowest BCUT2D eigenvalue weighted by atomic mass is 9.87. The summed E-state index contributed by atoms with van der Waals surface area (Å²) in [6, 6.07) is 4.30. The van der Waals surface area contributed by atoms with Crippen molar-refractivity contribution in [2.45, 2.75) is 38.6 Å². The lowest BCUT2D eigenvalue weighted by Gasteiger charge is -2.33. The van der Waals surface area contributed by atoms with Crippen molar-refractivity contribution in [1.29, 1.82) is 0 Å². The molecule has 2 nitrogen and oxygen atoms in total. The number of nitrogens with zero attached hydrogens (tertiary/aromatic N) is 1. The highest BCUT2D eigenvalue weighted by molar-refractivity contribution is 7.12. The second-order valence-corrected chi connectivity index (χ2v) is 5.75. The van der Waals surface area contributed by atoms with Gasteiger partial charge in [0.05, 0.1) is 4.88 Å². The minimum atomic E-state index is 0.189. The van der Waals surface area contributed by atoms with E-state index in [-0.39, 0.29) is 5.91 Å². The molecule has 0 radical (unpaired) electrons. The Morgan fingerprint density at radius 2 is 2.06 bits per heavy atom. The molecule has 3 heteroatoms. The summed E-state index contributed by atoms with van der Waals surface area (Å²) in [6.07, 6.45) is 4.84. The van der Waals surface area contributed by atoms with E-state index in [1.165, 1.54) is 24.2 Å². The molecule has 1 fully saturated rings. The molecule has 1 saturated carbocycles. The summed E-state index contributed by atoms with van der Waals surface area (Å²) < 4.78 is 0. The molecule has 2 rings (SSSR count). The first-order valence-corrected chi connectivity index (χ1v) is 6.87. The predicted octanol–water partition coefficient (Wildman–Crippen LogP) is 3.40. The summed E-state index contributed by atoms with van der Waals surface area (Å²) in [6.45, 7) is 2.30. The molecule has 0 aliphatic heterocycles. The lowest BCUT2D eigenvalue weighted by Crippen LogP contribution is -2.38. The van der Waals surface area contributed by atoms with Crippen LogP contribution in [-0.2, 0) is 0 Å². The molecule has 0 saturated heterocycles. The van der Waals surface area contributed by atoms with E-state index in [1.54, 1.807) is 0 Å². The summed E-state index contributed by atoms with van der Waals surface area (Å²) in [5.41, 5.74) is 0. The van der Waals surface area contributed by atoms with Crippen LogP contribution < -0.4 is 0 Å². The van der Waals surface area contributed by atoms with Crippen LogP contribution in [0.1, 0.15) is 42.3 Å². The molecule has 1 heterocycles. The molecule has 0 atom stereocenters. The third-order valence-electron chi connectivity index (χ3n) is 3.59. The first kappa shape index (κ1) is 11.6. The van der Waals surface area contributed by atoms with Gasteiger partial charge in [-0.15, -0.1) is 11.3 Å². The standard InChI is InChI=1S/C13H19NOS/c1-10-5-7-11(8-6-10)14(2)13(15)12-4-3-9-16-12/h3-4,9-11H,5-8H2,1-2H3. The number of amides is 1. The molecular formula is C13H19NOS. The van der Waals surface area contributed by atoms with E-state index in [0.717, 1.165) is 23.6 Å². The van der Waals surface area contributed by atoms with Gasteiger partial charge in [0.1, 0.15) is 0 Å². The van der Waals surface area contributed by atoms with Crippen molar-refractivity contribution in [2.24, 2.45) is 5.92 Å². The quantitative estimate of drug-likeness (QED) is 0.772. The Hall–Kier alpha value is -0.830. The van der Waals surface area contributed by atoms with Crippen molar-refractivity contribution >= 4 is 17.2 Å². The number of hydrogen-bond donors (Lipinski definition) is 0. The Morgan fingerprint density at radius 3 is 2.62 bits per heavy atom. The monoisotopic (exact) mass is 237 g/mol. The van der Waals surface area contributed by atoms with Crippen molar-refractivity contribution < 1.29 is 4.79 Å². The second-order valence-electron chi connectivity index (χ2n) is 4.81. The molecule has 1 aliphatic carbocycles. The number of carbonyl (C=O) groups excluding carboxylic acids is 1. The molecular weight excluding hydrogens is 218 g/mol. The lowest BCUT2D eigenvalue weighted by molar-refractivity contribution is 0.0684.